The van der Waals surface area contributed by atoms with E-state index >= 15 is 0 Å². The summed E-state index contributed by atoms with van der Waals surface area (Å²) >= 11 is 0. The summed E-state index contributed by atoms with van der Waals surface area (Å²) in [5, 5.41) is 13.3. The van der Waals surface area contributed by atoms with E-state index in [0.717, 1.165) is 16.3 Å². The third kappa shape index (κ3) is 5.00. The van der Waals surface area contributed by atoms with Crippen LogP contribution < -0.4 is 0 Å². The van der Waals surface area contributed by atoms with Gasteiger partial charge in [-0.3, -0.25) is 19.9 Å². The first-order valence-electron chi connectivity index (χ1n) is 9.90. The van der Waals surface area contributed by atoms with Gasteiger partial charge in [0.2, 0.25) is 6.54 Å². The number of rotatable bonds is 6. The van der Waals surface area contributed by atoms with Crippen LogP contribution in [0.5, 0.6) is 0 Å². The Kier molecular flexibility index (Phi) is 6.15. The summed E-state index contributed by atoms with van der Waals surface area (Å²) in [7, 11) is 0. The van der Waals surface area contributed by atoms with Crippen LogP contribution in [0.3, 0.4) is 0 Å². The van der Waals surface area contributed by atoms with Crippen LogP contribution in [0.4, 0.5) is 0 Å². The number of ether oxygens (including phenoxy) is 1. The van der Waals surface area contributed by atoms with Gasteiger partial charge in [-0.25, -0.2) is 0 Å². The number of esters is 1. The van der Waals surface area contributed by atoms with Gasteiger partial charge in [0, 0.05) is 16.5 Å². The number of carbonyl (C=O) groups is 1. The van der Waals surface area contributed by atoms with Gasteiger partial charge in [0.25, 0.3) is 0 Å². The average Bonchev–Trinajstić information content (AvgIpc) is 2.66. The fourth-order valence-electron chi connectivity index (χ4n) is 3.60. The highest BCUT2D eigenvalue weighted by Crippen LogP contribution is 2.37. The summed E-state index contributed by atoms with van der Waals surface area (Å²) in [5.74, 6) is -2.14. The third-order valence-electron chi connectivity index (χ3n) is 4.91. The maximum absolute atomic E-state index is 13.4. The minimum Gasteiger partial charge on any atom is -0.459 e. The van der Waals surface area contributed by atoms with E-state index in [1.54, 1.807) is 27.0 Å². The molecule has 0 spiro atoms. The lowest BCUT2D eigenvalue weighted by molar-refractivity contribution is -0.483. The molecule has 0 saturated heterocycles. The van der Waals surface area contributed by atoms with Gasteiger partial charge in [-0.05, 0) is 44.7 Å². The molecule has 3 rings (SSSR count). The number of hydrogen-bond donors (Lipinski definition) is 0. The van der Waals surface area contributed by atoms with E-state index in [-0.39, 0.29) is 4.92 Å². The van der Waals surface area contributed by atoms with Gasteiger partial charge in [-0.1, -0.05) is 54.1 Å². The zero-order valence-electron chi connectivity index (χ0n) is 17.7. The minimum absolute atomic E-state index is 0.382. The van der Waals surface area contributed by atoms with E-state index in [9.17, 15) is 14.9 Å². The number of hydrogen-bond acceptors (Lipinski definition) is 5. The predicted octanol–water partition coefficient (Wildman–Crippen LogP) is 5.03. The number of nitrogens with zero attached hydrogens (tertiary/aromatic N) is 2. The molecule has 0 aliphatic carbocycles. The summed E-state index contributed by atoms with van der Waals surface area (Å²) in [6.07, 6.45) is 1.63. The van der Waals surface area contributed by atoms with Crippen molar-refractivity contribution < 1.29 is 14.5 Å². The van der Waals surface area contributed by atoms with Crippen LogP contribution in [0.25, 0.3) is 10.8 Å². The molecule has 0 amide bonds. The average molecular weight is 406 g/mol. The van der Waals surface area contributed by atoms with Crippen molar-refractivity contribution in [1.29, 1.82) is 0 Å². The van der Waals surface area contributed by atoms with Crippen LogP contribution in [0.1, 0.15) is 49.4 Å². The molecule has 1 unspecified atom stereocenters. The summed E-state index contributed by atoms with van der Waals surface area (Å²) in [6.45, 7) is 6.90. The largest absolute Gasteiger partial charge is 0.459 e. The molecule has 0 N–H and O–H groups in total. The fraction of sp³-hybridized carbons (Fsp3) is 0.333. The van der Waals surface area contributed by atoms with Crippen LogP contribution in [0.15, 0.2) is 60.8 Å². The molecule has 0 aliphatic rings. The van der Waals surface area contributed by atoms with Gasteiger partial charge in [-0.15, -0.1) is 0 Å². The summed E-state index contributed by atoms with van der Waals surface area (Å²) in [6, 6.07) is 16.9. The topological polar surface area (TPSA) is 82.3 Å². The van der Waals surface area contributed by atoms with Crippen LogP contribution in [-0.2, 0) is 9.53 Å². The molecule has 1 aromatic heterocycles. The van der Waals surface area contributed by atoms with Crippen LogP contribution in [0.2, 0.25) is 0 Å². The van der Waals surface area contributed by atoms with Gasteiger partial charge < -0.3 is 4.74 Å². The SMILES string of the molecule is Cc1ccc([C@H](C[N+](=O)[O-])C(C(=O)OC(C)(C)C)c2nccc3ccccc23)cc1. The van der Waals surface area contributed by atoms with E-state index in [1.807, 2.05) is 61.5 Å². The molecular weight excluding hydrogens is 380 g/mol. The van der Waals surface area contributed by atoms with E-state index in [2.05, 4.69) is 4.98 Å². The second-order valence-corrected chi connectivity index (χ2v) is 8.46. The molecule has 6 nitrogen and oxygen atoms in total. The Morgan fingerprint density at radius 1 is 1.10 bits per heavy atom. The monoisotopic (exact) mass is 406 g/mol. The molecule has 6 heteroatoms. The Balaban J connectivity index is 2.21. The molecule has 0 bridgehead atoms. The highest BCUT2D eigenvalue weighted by molar-refractivity contribution is 5.90. The summed E-state index contributed by atoms with van der Waals surface area (Å²) in [4.78, 5) is 29.1. The molecule has 2 atom stereocenters. The number of fused-ring (bicyclic) bond motifs is 1. The lowest BCUT2D eigenvalue weighted by Crippen LogP contribution is -2.33. The van der Waals surface area contributed by atoms with Crippen molar-refractivity contribution in [3.8, 4) is 0 Å². The molecule has 1 heterocycles. The van der Waals surface area contributed by atoms with Crippen LogP contribution >= 0.6 is 0 Å². The molecule has 0 aliphatic heterocycles. The Bertz CT molecular complexity index is 1050. The number of nitro groups is 1. The van der Waals surface area contributed by atoms with Gasteiger partial charge in [0.1, 0.15) is 11.5 Å². The standard InChI is InChI=1S/C24H26N2O4/c1-16-9-11-18(12-10-16)20(15-26(28)29)21(23(27)30-24(2,3)4)22-19-8-6-5-7-17(19)13-14-25-22/h5-14,20-21H,15H2,1-4H3/t20-,21?/m0/s1. The first-order valence-corrected chi connectivity index (χ1v) is 9.90. The summed E-state index contributed by atoms with van der Waals surface area (Å²) in [5.41, 5.74) is 1.51. The second kappa shape index (κ2) is 8.61. The number of pyridine rings is 1. The lowest BCUT2D eigenvalue weighted by atomic mass is 9.81. The molecule has 2 aromatic carbocycles. The predicted molar refractivity (Wildman–Crippen MR) is 116 cm³/mol. The number of benzene rings is 2. The van der Waals surface area contributed by atoms with Gasteiger partial charge >= 0.3 is 5.97 Å². The number of aryl methyl sites for hydroxylation is 1. The quantitative estimate of drug-likeness (QED) is 0.326. The molecule has 0 fully saturated rings. The van der Waals surface area contributed by atoms with E-state index in [1.165, 1.54) is 0 Å². The smallest absolute Gasteiger partial charge is 0.316 e. The molecule has 3 aromatic rings. The molecule has 0 saturated carbocycles. The van der Waals surface area contributed by atoms with E-state index in [4.69, 9.17) is 4.74 Å². The van der Waals surface area contributed by atoms with Gasteiger partial charge in [-0.2, -0.15) is 0 Å². The maximum atomic E-state index is 13.4. The normalized spacial score (nSPS) is 13.6. The van der Waals surface area contributed by atoms with Crippen LogP contribution in [-0.4, -0.2) is 28.0 Å². The van der Waals surface area contributed by atoms with Crippen molar-refractivity contribution in [2.75, 3.05) is 6.54 Å². The molecule has 30 heavy (non-hydrogen) atoms. The van der Waals surface area contributed by atoms with Crippen molar-refractivity contribution >= 4 is 16.7 Å². The van der Waals surface area contributed by atoms with Crippen LogP contribution in [0, 0.1) is 17.0 Å². The Hall–Kier alpha value is -3.28. The first-order chi connectivity index (χ1) is 14.2. The fourth-order valence-corrected chi connectivity index (χ4v) is 3.60. The lowest BCUT2D eigenvalue weighted by Gasteiger charge is -2.28. The maximum Gasteiger partial charge on any atom is 0.316 e. The highest BCUT2D eigenvalue weighted by atomic mass is 16.6. The number of aromatic nitrogens is 1. The highest BCUT2D eigenvalue weighted by Gasteiger charge is 2.39. The summed E-state index contributed by atoms with van der Waals surface area (Å²) < 4.78 is 5.71. The van der Waals surface area contributed by atoms with Crippen molar-refractivity contribution in [3.05, 3.63) is 87.7 Å². The third-order valence-corrected chi connectivity index (χ3v) is 4.91. The Morgan fingerprint density at radius 2 is 1.77 bits per heavy atom. The van der Waals surface area contributed by atoms with Crippen molar-refractivity contribution in [2.45, 2.75) is 45.1 Å². The second-order valence-electron chi connectivity index (χ2n) is 8.46. The molecular formula is C24H26N2O4. The Labute approximate surface area is 176 Å². The first kappa shape index (κ1) is 21.4. The van der Waals surface area contributed by atoms with Gasteiger partial charge in [0.15, 0.2) is 0 Å². The van der Waals surface area contributed by atoms with Gasteiger partial charge in [0.05, 0.1) is 11.6 Å². The molecule has 156 valence electrons. The zero-order valence-corrected chi connectivity index (χ0v) is 17.7. The van der Waals surface area contributed by atoms with Crippen molar-refractivity contribution in [3.63, 3.8) is 0 Å². The molecule has 0 radical (unpaired) electrons. The number of carbonyl (C=O) groups excluding carboxylic acids is 1. The van der Waals surface area contributed by atoms with Crippen molar-refractivity contribution in [2.24, 2.45) is 0 Å². The Morgan fingerprint density at radius 3 is 2.40 bits per heavy atom. The van der Waals surface area contributed by atoms with E-state index in [0.29, 0.717) is 11.3 Å². The zero-order chi connectivity index (χ0) is 21.9. The van der Waals surface area contributed by atoms with Crippen molar-refractivity contribution in [1.82, 2.24) is 4.98 Å². The minimum atomic E-state index is -0.913. The van der Waals surface area contributed by atoms with E-state index < -0.39 is 30.0 Å².